The molecule has 0 bridgehead atoms. The standard InChI is InChI=1S/C12H24N2O/c1-5-12(2,3)14(4)11(15)10-8-6-7-9-13-10/h10,13H,5-9H2,1-4H3/t10-/m0/s1. The first-order chi connectivity index (χ1) is 6.99. The normalized spacial score (nSPS) is 22.5. The largest absolute Gasteiger partial charge is 0.339 e. The van der Waals surface area contributed by atoms with Gasteiger partial charge < -0.3 is 10.2 Å². The molecule has 0 radical (unpaired) electrons. The maximum Gasteiger partial charge on any atom is 0.239 e. The predicted octanol–water partition coefficient (Wildman–Crippen LogP) is 1.78. The lowest BCUT2D eigenvalue weighted by molar-refractivity contribution is -0.137. The van der Waals surface area contributed by atoms with Gasteiger partial charge in [-0.05, 0) is 39.7 Å². The highest BCUT2D eigenvalue weighted by atomic mass is 16.2. The second kappa shape index (κ2) is 4.97. The quantitative estimate of drug-likeness (QED) is 0.773. The van der Waals surface area contributed by atoms with E-state index in [9.17, 15) is 4.79 Å². The van der Waals surface area contributed by atoms with Crippen LogP contribution < -0.4 is 5.32 Å². The van der Waals surface area contributed by atoms with Gasteiger partial charge in [0.25, 0.3) is 0 Å². The van der Waals surface area contributed by atoms with Crippen molar-refractivity contribution in [2.45, 2.75) is 58.0 Å². The van der Waals surface area contributed by atoms with Crippen molar-refractivity contribution in [1.82, 2.24) is 10.2 Å². The fourth-order valence-corrected chi connectivity index (χ4v) is 1.83. The Bertz CT molecular complexity index is 220. The van der Waals surface area contributed by atoms with Crippen molar-refractivity contribution in [2.24, 2.45) is 0 Å². The third-order valence-electron chi connectivity index (χ3n) is 3.71. The van der Waals surface area contributed by atoms with Crippen LogP contribution in [0.25, 0.3) is 0 Å². The van der Waals surface area contributed by atoms with E-state index >= 15 is 0 Å². The molecular weight excluding hydrogens is 188 g/mol. The SMILES string of the molecule is CCC(C)(C)N(C)C(=O)[C@@H]1CCCCN1. The Labute approximate surface area is 93.2 Å². The van der Waals surface area contributed by atoms with Gasteiger partial charge in [0.05, 0.1) is 6.04 Å². The summed E-state index contributed by atoms with van der Waals surface area (Å²) in [5.74, 6) is 0.251. The molecule has 15 heavy (non-hydrogen) atoms. The van der Waals surface area contributed by atoms with Gasteiger partial charge in [-0.15, -0.1) is 0 Å². The van der Waals surface area contributed by atoms with Crippen LogP contribution in [0.4, 0.5) is 0 Å². The molecule has 0 aromatic carbocycles. The van der Waals surface area contributed by atoms with E-state index in [0.717, 1.165) is 19.4 Å². The Morgan fingerprint density at radius 1 is 1.47 bits per heavy atom. The summed E-state index contributed by atoms with van der Waals surface area (Å²) in [6.07, 6.45) is 4.35. The van der Waals surface area contributed by atoms with E-state index in [4.69, 9.17) is 0 Å². The lowest BCUT2D eigenvalue weighted by Gasteiger charge is -2.38. The second-order valence-electron chi connectivity index (χ2n) is 5.07. The number of carbonyl (C=O) groups is 1. The minimum Gasteiger partial charge on any atom is -0.339 e. The van der Waals surface area contributed by atoms with Crippen molar-refractivity contribution in [3.05, 3.63) is 0 Å². The highest BCUT2D eigenvalue weighted by molar-refractivity contribution is 5.82. The molecule has 0 aromatic rings. The molecule has 1 N–H and O–H groups in total. The van der Waals surface area contributed by atoms with Crippen molar-refractivity contribution >= 4 is 5.91 Å². The van der Waals surface area contributed by atoms with Gasteiger partial charge in [-0.1, -0.05) is 13.3 Å². The predicted molar refractivity (Wildman–Crippen MR) is 62.8 cm³/mol. The number of hydrogen-bond acceptors (Lipinski definition) is 2. The molecule has 1 aliphatic rings. The number of amides is 1. The van der Waals surface area contributed by atoms with E-state index in [2.05, 4.69) is 26.1 Å². The summed E-state index contributed by atoms with van der Waals surface area (Å²) < 4.78 is 0. The van der Waals surface area contributed by atoms with Crippen molar-refractivity contribution in [3.63, 3.8) is 0 Å². The van der Waals surface area contributed by atoms with Crippen LogP contribution in [0.15, 0.2) is 0 Å². The topological polar surface area (TPSA) is 32.3 Å². The fraction of sp³-hybridized carbons (Fsp3) is 0.917. The maximum atomic E-state index is 12.2. The number of carbonyl (C=O) groups excluding carboxylic acids is 1. The first-order valence-corrected chi connectivity index (χ1v) is 6.00. The van der Waals surface area contributed by atoms with Crippen LogP contribution in [0.3, 0.4) is 0 Å². The average Bonchev–Trinajstić information content (AvgIpc) is 2.28. The van der Waals surface area contributed by atoms with Gasteiger partial charge in [0.1, 0.15) is 0 Å². The smallest absolute Gasteiger partial charge is 0.239 e. The van der Waals surface area contributed by atoms with Gasteiger partial charge in [0.2, 0.25) is 5.91 Å². The summed E-state index contributed by atoms with van der Waals surface area (Å²) >= 11 is 0. The van der Waals surface area contributed by atoms with Gasteiger partial charge in [-0.2, -0.15) is 0 Å². The molecule has 88 valence electrons. The highest BCUT2D eigenvalue weighted by Crippen LogP contribution is 2.19. The fourth-order valence-electron chi connectivity index (χ4n) is 1.83. The van der Waals surface area contributed by atoms with E-state index in [-0.39, 0.29) is 17.5 Å². The first-order valence-electron chi connectivity index (χ1n) is 6.00. The zero-order valence-corrected chi connectivity index (χ0v) is 10.5. The van der Waals surface area contributed by atoms with Crippen molar-refractivity contribution in [1.29, 1.82) is 0 Å². The summed E-state index contributed by atoms with van der Waals surface area (Å²) in [5, 5.41) is 3.30. The van der Waals surface area contributed by atoms with Crippen LogP contribution >= 0.6 is 0 Å². The summed E-state index contributed by atoms with van der Waals surface area (Å²) in [6.45, 7) is 7.34. The molecule has 1 saturated heterocycles. The summed E-state index contributed by atoms with van der Waals surface area (Å²) in [4.78, 5) is 14.1. The molecule has 3 nitrogen and oxygen atoms in total. The van der Waals surface area contributed by atoms with E-state index in [1.54, 1.807) is 0 Å². The van der Waals surface area contributed by atoms with Crippen molar-refractivity contribution in [2.75, 3.05) is 13.6 Å². The summed E-state index contributed by atoms with van der Waals surface area (Å²) in [7, 11) is 1.92. The van der Waals surface area contributed by atoms with E-state index < -0.39 is 0 Å². The Kier molecular flexibility index (Phi) is 4.14. The summed E-state index contributed by atoms with van der Waals surface area (Å²) in [6, 6.07) is 0.0505. The molecule has 1 fully saturated rings. The Morgan fingerprint density at radius 2 is 2.13 bits per heavy atom. The molecular formula is C12H24N2O. The van der Waals surface area contributed by atoms with Crippen LogP contribution in [-0.2, 0) is 4.79 Å². The van der Waals surface area contributed by atoms with Gasteiger partial charge in [-0.25, -0.2) is 0 Å². The number of rotatable bonds is 3. The second-order valence-corrected chi connectivity index (χ2v) is 5.07. The Balaban J connectivity index is 2.58. The van der Waals surface area contributed by atoms with Crippen LogP contribution in [0, 0.1) is 0 Å². The van der Waals surface area contributed by atoms with Gasteiger partial charge in [-0.3, -0.25) is 4.79 Å². The van der Waals surface area contributed by atoms with Crippen LogP contribution in [-0.4, -0.2) is 36.0 Å². The third-order valence-corrected chi connectivity index (χ3v) is 3.71. The lowest BCUT2D eigenvalue weighted by Crippen LogP contribution is -2.53. The average molecular weight is 212 g/mol. The molecule has 1 rings (SSSR count). The number of nitrogens with zero attached hydrogens (tertiary/aromatic N) is 1. The number of hydrogen-bond donors (Lipinski definition) is 1. The van der Waals surface area contributed by atoms with Crippen LogP contribution in [0.2, 0.25) is 0 Å². The minimum absolute atomic E-state index is 0.0315. The van der Waals surface area contributed by atoms with Gasteiger partial charge in [0.15, 0.2) is 0 Å². The molecule has 0 saturated carbocycles. The maximum absolute atomic E-state index is 12.2. The van der Waals surface area contributed by atoms with Gasteiger partial charge in [0, 0.05) is 12.6 Å². The Morgan fingerprint density at radius 3 is 2.60 bits per heavy atom. The first kappa shape index (κ1) is 12.5. The molecule has 1 heterocycles. The number of piperidine rings is 1. The monoisotopic (exact) mass is 212 g/mol. The molecule has 0 aliphatic carbocycles. The minimum atomic E-state index is -0.0315. The zero-order chi connectivity index (χ0) is 11.5. The molecule has 0 spiro atoms. The molecule has 1 amide bonds. The van der Waals surface area contributed by atoms with E-state index in [1.807, 2.05) is 11.9 Å². The molecule has 1 aliphatic heterocycles. The molecule has 3 heteroatoms. The zero-order valence-electron chi connectivity index (χ0n) is 10.5. The van der Waals surface area contributed by atoms with E-state index in [0.29, 0.717) is 0 Å². The summed E-state index contributed by atoms with van der Waals surface area (Å²) in [5.41, 5.74) is -0.0315. The molecule has 0 unspecified atom stereocenters. The third kappa shape index (κ3) is 2.94. The highest BCUT2D eigenvalue weighted by Gasteiger charge is 2.31. The number of nitrogens with one attached hydrogen (secondary N) is 1. The van der Waals surface area contributed by atoms with Crippen LogP contribution in [0.5, 0.6) is 0 Å². The number of likely N-dealkylation sites (N-methyl/N-ethyl adjacent to an activating group) is 1. The van der Waals surface area contributed by atoms with E-state index in [1.165, 1.54) is 12.8 Å². The molecule has 0 aromatic heterocycles. The lowest BCUT2D eigenvalue weighted by atomic mass is 9.97. The van der Waals surface area contributed by atoms with Crippen molar-refractivity contribution in [3.8, 4) is 0 Å². The molecule has 1 atom stereocenters. The van der Waals surface area contributed by atoms with Gasteiger partial charge >= 0.3 is 0 Å². The van der Waals surface area contributed by atoms with Crippen molar-refractivity contribution < 1.29 is 4.79 Å². The van der Waals surface area contributed by atoms with Crippen LogP contribution in [0.1, 0.15) is 46.5 Å². The Hall–Kier alpha value is -0.570.